The fourth-order valence-corrected chi connectivity index (χ4v) is 2.12. The Labute approximate surface area is 97.1 Å². The summed E-state index contributed by atoms with van der Waals surface area (Å²) in [7, 11) is 0. The molecule has 16 heavy (non-hydrogen) atoms. The molecule has 2 rings (SSSR count). The van der Waals surface area contributed by atoms with E-state index >= 15 is 0 Å². The number of nitriles is 1. The third-order valence-electron chi connectivity index (χ3n) is 3.27. The van der Waals surface area contributed by atoms with E-state index in [0.29, 0.717) is 0 Å². The topological polar surface area (TPSA) is 39.5 Å². The molecule has 0 saturated carbocycles. The Bertz CT molecular complexity index is 289. The van der Waals surface area contributed by atoms with E-state index in [0.717, 1.165) is 64.5 Å². The van der Waals surface area contributed by atoms with Crippen LogP contribution in [0.1, 0.15) is 6.42 Å². The molecule has 2 heterocycles. The normalized spacial score (nSPS) is 23.8. The SMILES string of the molecule is N#CC1=CCN(CCN2CCOCC2)CC1. The third-order valence-corrected chi connectivity index (χ3v) is 3.27. The van der Waals surface area contributed by atoms with Gasteiger partial charge in [0.25, 0.3) is 0 Å². The lowest BCUT2D eigenvalue weighted by atomic mass is 10.1. The highest BCUT2D eigenvalue weighted by Gasteiger charge is 2.14. The van der Waals surface area contributed by atoms with E-state index in [1.54, 1.807) is 0 Å². The maximum Gasteiger partial charge on any atom is 0.0944 e. The molecule has 2 aliphatic heterocycles. The molecule has 88 valence electrons. The van der Waals surface area contributed by atoms with Crippen molar-refractivity contribution in [3.63, 3.8) is 0 Å². The van der Waals surface area contributed by atoms with Crippen molar-refractivity contribution in [3.05, 3.63) is 11.6 Å². The first kappa shape index (κ1) is 11.6. The highest BCUT2D eigenvalue weighted by atomic mass is 16.5. The van der Waals surface area contributed by atoms with Crippen LogP contribution in [0, 0.1) is 11.3 Å². The molecule has 0 aromatic carbocycles. The Hall–Kier alpha value is -0.890. The molecule has 4 heteroatoms. The maximum absolute atomic E-state index is 8.75. The van der Waals surface area contributed by atoms with Crippen LogP contribution in [0.15, 0.2) is 11.6 Å². The first-order valence-corrected chi connectivity index (χ1v) is 6.00. The zero-order valence-corrected chi connectivity index (χ0v) is 9.69. The molecular weight excluding hydrogens is 202 g/mol. The van der Waals surface area contributed by atoms with Crippen molar-refractivity contribution in [2.45, 2.75) is 6.42 Å². The van der Waals surface area contributed by atoms with Gasteiger partial charge in [0.15, 0.2) is 0 Å². The smallest absolute Gasteiger partial charge is 0.0944 e. The molecule has 0 amide bonds. The molecule has 0 N–H and O–H groups in total. The van der Waals surface area contributed by atoms with Crippen molar-refractivity contribution in [3.8, 4) is 6.07 Å². The van der Waals surface area contributed by atoms with Crippen molar-refractivity contribution in [2.24, 2.45) is 0 Å². The van der Waals surface area contributed by atoms with E-state index in [2.05, 4.69) is 21.9 Å². The number of nitrogens with zero attached hydrogens (tertiary/aromatic N) is 3. The van der Waals surface area contributed by atoms with Crippen molar-refractivity contribution in [1.82, 2.24) is 9.80 Å². The molecule has 0 aliphatic carbocycles. The second-order valence-corrected chi connectivity index (χ2v) is 4.35. The monoisotopic (exact) mass is 221 g/mol. The van der Waals surface area contributed by atoms with Gasteiger partial charge in [0.1, 0.15) is 0 Å². The van der Waals surface area contributed by atoms with E-state index in [1.807, 2.05) is 0 Å². The lowest BCUT2D eigenvalue weighted by molar-refractivity contribution is 0.0337. The number of morpholine rings is 1. The van der Waals surface area contributed by atoms with Gasteiger partial charge in [0, 0.05) is 44.8 Å². The number of ether oxygens (including phenoxy) is 1. The third kappa shape index (κ3) is 3.31. The molecule has 0 radical (unpaired) electrons. The fourth-order valence-electron chi connectivity index (χ4n) is 2.12. The Morgan fingerprint density at radius 3 is 2.56 bits per heavy atom. The van der Waals surface area contributed by atoms with Gasteiger partial charge < -0.3 is 4.74 Å². The van der Waals surface area contributed by atoms with Crippen molar-refractivity contribution >= 4 is 0 Å². The highest BCUT2D eigenvalue weighted by molar-refractivity contribution is 5.22. The van der Waals surface area contributed by atoms with Crippen molar-refractivity contribution < 1.29 is 4.74 Å². The van der Waals surface area contributed by atoms with E-state index in [1.165, 1.54) is 0 Å². The summed E-state index contributed by atoms with van der Waals surface area (Å²) >= 11 is 0. The predicted molar refractivity (Wildman–Crippen MR) is 62.0 cm³/mol. The second kappa shape index (κ2) is 6.00. The van der Waals surface area contributed by atoms with Crippen LogP contribution in [0.25, 0.3) is 0 Å². The molecule has 4 nitrogen and oxygen atoms in total. The Kier molecular flexibility index (Phi) is 4.34. The molecule has 0 atom stereocenters. The summed E-state index contributed by atoms with van der Waals surface area (Å²) < 4.78 is 5.32. The molecule has 0 aromatic heterocycles. The number of rotatable bonds is 3. The number of hydrogen-bond acceptors (Lipinski definition) is 4. The summed E-state index contributed by atoms with van der Waals surface area (Å²) in [6.07, 6.45) is 2.97. The average molecular weight is 221 g/mol. The molecule has 0 unspecified atom stereocenters. The lowest BCUT2D eigenvalue weighted by Crippen LogP contribution is -2.42. The Morgan fingerprint density at radius 1 is 1.19 bits per heavy atom. The van der Waals surface area contributed by atoms with Gasteiger partial charge in [-0.2, -0.15) is 5.26 Å². The average Bonchev–Trinajstić information content (AvgIpc) is 2.38. The summed E-state index contributed by atoms with van der Waals surface area (Å²) in [5, 5.41) is 8.75. The standard InChI is InChI=1S/C12H19N3O/c13-11-12-1-3-14(4-2-12)5-6-15-7-9-16-10-8-15/h1H,2-10H2. The minimum atomic E-state index is 0.873. The van der Waals surface area contributed by atoms with Crippen molar-refractivity contribution in [2.75, 3.05) is 52.5 Å². The minimum absolute atomic E-state index is 0.873. The molecule has 1 fully saturated rings. The summed E-state index contributed by atoms with van der Waals surface area (Å²) in [5.41, 5.74) is 0.947. The molecule has 0 aromatic rings. The van der Waals surface area contributed by atoms with Crippen LogP contribution in [0.3, 0.4) is 0 Å². The quantitative estimate of drug-likeness (QED) is 0.694. The van der Waals surface area contributed by atoms with Gasteiger partial charge in [-0.25, -0.2) is 0 Å². The van der Waals surface area contributed by atoms with Gasteiger partial charge in [-0.15, -0.1) is 0 Å². The van der Waals surface area contributed by atoms with Crippen LogP contribution < -0.4 is 0 Å². The summed E-state index contributed by atoms with van der Waals surface area (Å²) in [5.74, 6) is 0. The summed E-state index contributed by atoms with van der Waals surface area (Å²) in [6.45, 7) is 8.07. The van der Waals surface area contributed by atoms with E-state index < -0.39 is 0 Å². The molecule has 0 spiro atoms. The molecule has 1 saturated heterocycles. The van der Waals surface area contributed by atoms with Gasteiger partial charge in [-0.05, 0) is 6.42 Å². The first-order chi connectivity index (χ1) is 7.88. The van der Waals surface area contributed by atoms with Gasteiger partial charge in [0.05, 0.1) is 19.3 Å². The van der Waals surface area contributed by atoms with Crippen molar-refractivity contribution in [1.29, 1.82) is 5.26 Å². The van der Waals surface area contributed by atoms with Crippen LogP contribution >= 0.6 is 0 Å². The summed E-state index contributed by atoms with van der Waals surface area (Å²) in [4.78, 5) is 4.86. The minimum Gasteiger partial charge on any atom is -0.379 e. The maximum atomic E-state index is 8.75. The zero-order valence-electron chi connectivity index (χ0n) is 9.69. The van der Waals surface area contributed by atoms with Gasteiger partial charge in [0.2, 0.25) is 0 Å². The Balaban J connectivity index is 1.67. The van der Waals surface area contributed by atoms with Gasteiger partial charge in [-0.3, -0.25) is 9.80 Å². The van der Waals surface area contributed by atoms with Gasteiger partial charge >= 0.3 is 0 Å². The zero-order chi connectivity index (χ0) is 11.2. The van der Waals surface area contributed by atoms with Crippen LogP contribution in [0.4, 0.5) is 0 Å². The largest absolute Gasteiger partial charge is 0.379 e. The van der Waals surface area contributed by atoms with Crippen LogP contribution in [-0.2, 0) is 4.74 Å². The van der Waals surface area contributed by atoms with Gasteiger partial charge in [-0.1, -0.05) is 6.08 Å². The van der Waals surface area contributed by atoms with Crippen LogP contribution in [-0.4, -0.2) is 62.3 Å². The number of hydrogen-bond donors (Lipinski definition) is 0. The summed E-state index contributed by atoms with van der Waals surface area (Å²) in [6, 6.07) is 2.24. The highest BCUT2D eigenvalue weighted by Crippen LogP contribution is 2.09. The fraction of sp³-hybridized carbons (Fsp3) is 0.750. The van der Waals surface area contributed by atoms with E-state index in [9.17, 15) is 0 Å². The van der Waals surface area contributed by atoms with Crippen LogP contribution in [0.5, 0.6) is 0 Å². The first-order valence-electron chi connectivity index (χ1n) is 6.00. The van der Waals surface area contributed by atoms with Crippen LogP contribution in [0.2, 0.25) is 0 Å². The molecular formula is C12H19N3O. The lowest BCUT2D eigenvalue weighted by Gasteiger charge is -2.30. The predicted octanol–water partition coefficient (Wildman–Crippen LogP) is 0.474. The van der Waals surface area contributed by atoms with E-state index in [-0.39, 0.29) is 0 Å². The molecule has 0 bridgehead atoms. The molecule has 2 aliphatic rings. The second-order valence-electron chi connectivity index (χ2n) is 4.35. The Morgan fingerprint density at radius 2 is 1.94 bits per heavy atom. The van der Waals surface area contributed by atoms with E-state index in [4.69, 9.17) is 10.00 Å².